The second-order valence-corrected chi connectivity index (χ2v) is 3.69. The molecule has 7 heteroatoms. The van der Waals surface area contributed by atoms with Gasteiger partial charge < -0.3 is 24.8 Å². The normalized spacial score (nSPS) is 10.2. The monoisotopic (exact) mass is 276 g/mol. The second-order valence-electron chi connectivity index (χ2n) is 3.69. The number of carbonyl (C=O) groups excluding carboxylic acids is 2. The van der Waals surface area contributed by atoms with Crippen molar-refractivity contribution in [3.63, 3.8) is 0 Å². The van der Waals surface area contributed by atoms with E-state index in [4.69, 9.17) is 14.2 Å². The molecule has 0 aromatic heterocycles. The Balaban J connectivity index is 3.06. The Bertz CT molecular complexity index is 226. The number of amides is 2. The van der Waals surface area contributed by atoms with Gasteiger partial charge >= 0.3 is 0 Å². The molecular weight excluding hydrogens is 252 g/mol. The summed E-state index contributed by atoms with van der Waals surface area (Å²) in [6.45, 7) is 5.81. The van der Waals surface area contributed by atoms with Crippen LogP contribution < -0.4 is 10.6 Å². The third-order valence-electron chi connectivity index (χ3n) is 2.01. The first-order valence-electron chi connectivity index (χ1n) is 6.48. The SMILES string of the molecule is CCCOCCOCCOCCNC(=O)CNC=O. The molecule has 112 valence electrons. The van der Waals surface area contributed by atoms with Gasteiger partial charge in [0.05, 0.1) is 39.6 Å². The lowest BCUT2D eigenvalue weighted by Gasteiger charge is -2.07. The van der Waals surface area contributed by atoms with Crippen LogP contribution in [-0.4, -0.2) is 65.0 Å². The molecule has 0 aromatic rings. The predicted molar refractivity (Wildman–Crippen MR) is 69.8 cm³/mol. The minimum Gasteiger partial charge on any atom is -0.379 e. The Labute approximate surface area is 114 Å². The van der Waals surface area contributed by atoms with Crippen LogP contribution in [0.2, 0.25) is 0 Å². The van der Waals surface area contributed by atoms with Crippen molar-refractivity contribution in [3.05, 3.63) is 0 Å². The number of ether oxygens (including phenoxy) is 3. The quantitative estimate of drug-likeness (QED) is 0.324. The zero-order valence-corrected chi connectivity index (χ0v) is 11.5. The summed E-state index contributed by atoms with van der Waals surface area (Å²) in [5.74, 6) is -0.236. The molecule has 0 aromatic carbocycles. The zero-order chi connectivity index (χ0) is 14.2. The first-order valence-corrected chi connectivity index (χ1v) is 6.48. The maximum Gasteiger partial charge on any atom is 0.239 e. The van der Waals surface area contributed by atoms with Crippen molar-refractivity contribution in [2.24, 2.45) is 0 Å². The first kappa shape index (κ1) is 17.8. The summed E-state index contributed by atoms with van der Waals surface area (Å²) < 4.78 is 15.8. The van der Waals surface area contributed by atoms with Crippen molar-refractivity contribution in [1.29, 1.82) is 0 Å². The van der Waals surface area contributed by atoms with Crippen LogP contribution in [0.4, 0.5) is 0 Å². The molecule has 0 spiro atoms. The van der Waals surface area contributed by atoms with E-state index in [-0.39, 0.29) is 12.5 Å². The number of hydrogen-bond acceptors (Lipinski definition) is 5. The third kappa shape index (κ3) is 14.8. The van der Waals surface area contributed by atoms with E-state index in [2.05, 4.69) is 17.6 Å². The van der Waals surface area contributed by atoms with Crippen LogP contribution in [0.15, 0.2) is 0 Å². The lowest BCUT2D eigenvalue weighted by molar-refractivity contribution is -0.122. The molecule has 0 heterocycles. The highest BCUT2D eigenvalue weighted by Crippen LogP contribution is 1.83. The highest BCUT2D eigenvalue weighted by Gasteiger charge is 1.98. The van der Waals surface area contributed by atoms with Gasteiger partial charge in [-0.1, -0.05) is 6.92 Å². The topological polar surface area (TPSA) is 85.9 Å². The summed E-state index contributed by atoms with van der Waals surface area (Å²) in [7, 11) is 0. The lowest BCUT2D eigenvalue weighted by atomic mass is 10.5. The van der Waals surface area contributed by atoms with E-state index in [1.165, 1.54) is 0 Å². The maximum absolute atomic E-state index is 11.0. The fourth-order valence-corrected chi connectivity index (χ4v) is 1.15. The Morgan fingerprint density at radius 1 is 1.00 bits per heavy atom. The van der Waals surface area contributed by atoms with Crippen LogP contribution in [-0.2, 0) is 23.8 Å². The van der Waals surface area contributed by atoms with Crippen LogP contribution in [0.25, 0.3) is 0 Å². The van der Waals surface area contributed by atoms with E-state index >= 15 is 0 Å². The van der Waals surface area contributed by atoms with E-state index in [1.807, 2.05) is 0 Å². The fourth-order valence-electron chi connectivity index (χ4n) is 1.15. The van der Waals surface area contributed by atoms with E-state index in [9.17, 15) is 9.59 Å². The van der Waals surface area contributed by atoms with E-state index in [0.29, 0.717) is 46.0 Å². The molecule has 0 radical (unpaired) electrons. The number of carbonyl (C=O) groups is 2. The van der Waals surface area contributed by atoms with Gasteiger partial charge in [0.2, 0.25) is 12.3 Å². The maximum atomic E-state index is 11.0. The first-order chi connectivity index (χ1) is 9.31. The Morgan fingerprint density at radius 3 is 2.16 bits per heavy atom. The summed E-state index contributed by atoms with van der Waals surface area (Å²) in [6.07, 6.45) is 1.49. The van der Waals surface area contributed by atoms with Gasteiger partial charge in [-0.25, -0.2) is 0 Å². The smallest absolute Gasteiger partial charge is 0.239 e. The van der Waals surface area contributed by atoms with Gasteiger partial charge in [-0.15, -0.1) is 0 Å². The molecule has 0 aliphatic heterocycles. The van der Waals surface area contributed by atoms with Gasteiger partial charge in [0.15, 0.2) is 0 Å². The minimum absolute atomic E-state index is 0.00955. The van der Waals surface area contributed by atoms with Crippen molar-refractivity contribution in [2.75, 3.05) is 52.7 Å². The summed E-state index contributed by atoms with van der Waals surface area (Å²) in [4.78, 5) is 21.0. The molecule has 0 aliphatic rings. The van der Waals surface area contributed by atoms with Gasteiger partial charge in [0.25, 0.3) is 0 Å². The molecular formula is C12H24N2O5. The standard InChI is InChI=1S/C12H24N2O5/c1-2-4-17-6-8-19-9-7-18-5-3-14-12(16)10-13-11-15/h11H,2-10H2,1H3,(H,13,15)(H,14,16). The van der Waals surface area contributed by atoms with Gasteiger partial charge in [-0.3, -0.25) is 9.59 Å². The molecule has 0 saturated carbocycles. The highest BCUT2D eigenvalue weighted by atomic mass is 16.5. The fraction of sp³-hybridized carbons (Fsp3) is 0.833. The molecule has 2 N–H and O–H groups in total. The van der Waals surface area contributed by atoms with Gasteiger partial charge in [0, 0.05) is 13.2 Å². The Kier molecular flexibility index (Phi) is 14.0. The van der Waals surface area contributed by atoms with Gasteiger partial charge in [-0.05, 0) is 6.42 Å². The molecule has 7 nitrogen and oxygen atoms in total. The molecule has 0 unspecified atom stereocenters. The van der Waals surface area contributed by atoms with Crippen LogP contribution in [0, 0.1) is 0 Å². The minimum atomic E-state index is -0.236. The highest BCUT2D eigenvalue weighted by molar-refractivity contribution is 5.79. The predicted octanol–water partition coefficient (Wildman–Crippen LogP) is -0.692. The summed E-state index contributed by atoms with van der Waals surface area (Å²) in [5.41, 5.74) is 0. The second kappa shape index (κ2) is 14.9. The Hall–Kier alpha value is -1.18. The lowest BCUT2D eigenvalue weighted by Crippen LogP contribution is -2.35. The van der Waals surface area contributed by atoms with Crippen LogP contribution >= 0.6 is 0 Å². The number of rotatable bonds is 14. The summed E-state index contributed by atoms with van der Waals surface area (Å²) in [5, 5.41) is 4.87. The Morgan fingerprint density at radius 2 is 1.58 bits per heavy atom. The third-order valence-corrected chi connectivity index (χ3v) is 2.01. The molecule has 0 saturated heterocycles. The molecule has 0 aliphatic carbocycles. The zero-order valence-electron chi connectivity index (χ0n) is 11.5. The molecule has 0 rings (SSSR count). The van der Waals surface area contributed by atoms with Crippen molar-refractivity contribution in [2.45, 2.75) is 13.3 Å². The molecule has 0 fully saturated rings. The van der Waals surface area contributed by atoms with Gasteiger partial charge in [0.1, 0.15) is 0 Å². The van der Waals surface area contributed by atoms with E-state index < -0.39 is 0 Å². The van der Waals surface area contributed by atoms with Crippen molar-refractivity contribution >= 4 is 12.3 Å². The van der Waals surface area contributed by atoms with E-state index in [1.54, 1.807) is 0 Å². The molecule has 19 heavy (non-hydrogen) atoms. The largest absolute Gasteiger partial charge is 0.379 e. The van der Waals surface area contributed by atoms with Gasteiger partial charge in [-0.2, -0.15) is 0 Å². The van der Waals surface area contributed by atoms with Crippen molar-refractivity contribution < 1.29 is 23.8 Å². The average Bonchev–Trinajstić information content (AvgIpc) is 2.42. The molecule has 2 amide bonds. The summed E-state index contributed by atoms with van der Waals surface area (Å²) >= 11 is 0. The average molecular weight is 276 g/mol. The van der Waals surface area contributed by atoms with Crippen molar-refractivity contribution in [1.82, 2.24) is 10.6 Å². The van der Waals surface area contributed by atoms with E-state index in [0.717, 1.165) is 13.0 Å². The van der Waals surface area contributed by atoms with Crippen LogP contribution in [0.3, 0.4) is 0 Å². The van der Waals surface area contributed by atoms with Crippen LogP contribution in [0.1, 0.15) is 13.3 Å². The van der Waals surface area contributed by atoms with Crippen molar-refractivity contribution in [3.8, 4) is 0 Å². The summed E-state index contributed by atoms with van der Waals surface area (Å²) in [6, 6.07) is 0. The number of hydrogen-bond donors (Lipinski definition) is 2. The number of nitrogens with one attached hydrogen (secondary N) is 2. The molecule has 0 bridgehead atoms. The van der Waals surface area contributed by atoms with Crippen LogP contribution in [0.5, 0.6) is 0 Å². The molecule has 0 atom stereocenters.